The Morgan fingerprint density at radius 1 is 1.15 bits per heavy atom. The number of urea groups is 1. The Balaban J connectivity index is 1.52. The lowest BCUT2D eigenvalue weighted by molar-refractivity contribution is 0.233. The Labute approximate surface area is 190 Å². The third kappa shape index (κ3) is 5.39. The van der Waals surface area contributed by atoms with Crippen LogP contribution >= 0.6 is 0 Å². The van der Waals surface area contributed by atoms with Crippen LogP contribution in [0.3, 0.4) is 0 Å². The Bertz CT molecular complexity index is 1240. The van der Waals surface area contributed by atoms with Crippen molar-refractivity contribution in [1.82, 2.24) is 20.3 Å². The zero-order chi connectivity index (χ0) is 23.0. The Kier molecular flexibility index (Phi) is 7.01. The number of hydrogen-bond donors (Lipinski definition) is 4. The van der Waals surface area contributed by atoms with Crippen LogP contribution in [0.25, 0.3) is 22.3 Å². The maximum atomic E-state index is 12.5. The van der Waals surface area contributed by atoms with Gasteiger partial charge >= 0.3 is 6.03 Å². The number of amides is 2. The van der Waals surface area contributed by atoms with Crippen LogP contribution in [0.2, 0.25) is 0 Å². The SMILES string of the molecule is COc1cccc(CNC(=O)Nc2ccc(-c3ccnc4[nH]cnc34)cc2OCCCO)c1. The summed E-state index contributed by atoms with van der Waals surface area (Å²) in [6.45, 7) is 0.673. The quantitative estimate of drug-likeness (QED) is 0.290. The Hall–Kier alpha value is -4.11. The van der Waals surface area contributed by atoms with Gasteiger partial charge in [0.1, 0.15) is 17.0 Å². The summed E-state index contributed by atoms with van der Waals surface area (Å²) in [5.74, 6) is 1.23. The molecule has 2 heterocycles. The number of rotatable bonds is 9. The molecular formula is C24H25N5O4. The fourth-order valence-electron chi connectivity index (χ4n) is 3.37. The van der Waals surface area contributed by atoms with Crippen molar-refractivity contribution >= 4 is 22.9 Å². The van der Waals surface area contributed by atoms with Crippen LogP contribution in [0.5, 0.6) is 11.5 Å². The lowest BCUT2D eigenvalue weighted by Gasteiger charge is -2.15. The molecule has 0 aliphatic carbocycles. The van der Waals surface area contributed by atoms with Crippen LogP contribution in [0, 0.1) is 0 Å². The first kappa shape index (κ1) is 22.1. The van der Waals surface area contributed by atoms with E-state index in [2.05, 4.69) is 25.6 Å². The number of imidazole rings is 1. The molecule has 0 aliphatic heterocycles. The number of carbonyl (C=O) groups is 1. The van der Waals surface area contributed by atoms with Gasteiger partial charge in [-0.25, -0.2) is 14.8 Å². The van der Waals surface area contributed by atoms with E-state index < -0.39 is 0 Å². The molecule has 9 heteroatoms. The minimum Gasteiger partial charge on any atom is -0.497 e. The molecule has 2 amide bonds. The van der Waals surface area contributed by atoms with Gasteiger partial charge in [0.05, 0.1) is 25.7 Å². The molecule has 4 N–H and O–H groups in total. The van der Waals surface area contributed by atoms with Crippen LogP contribution in [0.4, 0.5) is 10.5 Å². The van der Waals surface area contributed by atoms with Crippen molar-refractivity contribution in [2.24, 2.45) is 0 Å². The molecule has 0 saturated carbocycles. The fraction of sp³-hybridized carbons (Fsp3) is 0.208. The summed E-state index contributed by atoms with van der Waals surface area (Å²) in [6, 6.07) is 14.5. The van der Waals surface area contributed by atoms with Crippen LogP contribution in [-0.4, -0.2) is 46.4 Å². The number of aromatic amines is 1. The normalized spacial score (nSPS) is 10.7. The Morgan fingerprint density at radius 2 is 2.06 bits per heavy atom. The second-order valence-electron chi connectivity index (χ2n) is 7.25. The van der Waals surface area contributed by atoms with Gasteiger partial charge in [-0.15, -0.1) is 0 Å². The highest BCUT2D eigenvalue weighted by molar-refractivity contribution is 5.93. The molecule has 0 saturated heterocycles. The van der Waals surface area contributed by atoms with E-state index in [0.29, 0.717) is 36.7 Å². The highest BCUT2D eigenvalue weighted by Crippen LogP contribution is 2.33. The van der Waals surface area contributed by atoms with Crippen LogP contribution in [-0.2, 0) is 6.54 Å². The zero-order valence-electron chi connectivity index (χ0n) is 18.2. The molecule has 0 spiro atoms. The molecule has 170 valence electrons. The number of hydrogen-bond acceptors (Lipinski definition) is 6. The van der Waals surface area contributed by atoms with Crippen molar-refractivity contribution in [3.05, 3.63) is 66.6 Å². The topological polar surface area (TPSA) is 121 Å². The highest BCUT2D eigenvalue weighted by Gasteiger charge is 2.13. The van der Waals surface area contributed by atoms with E-state index in [4.69, 9.17) is 14.6 Å². The lowest BCUT2D eigenvalue weighted by Crippen LogP contribution is -2.28. The van der Waals surface area contributed by atoms with Crippen LogP contribution in [0.15, 0.2) is 61.1 Å². The summed E-state index contributed by atoms with van der Waals surface area (Å²) in [6.07, 6.45) is 3.79. The van der Waals surface area contributed by atoms with E-state index in [0.717, 1.165) is 28.0 Å². The van der Waals surface area contributed by atoms with Gasteiger partial charge in [0.2, 0.25) is 0 Å². The summed E-state index contributed by atoms with van der Waals surface area (Å²) in [5.41, 5.74) is 4.63. The van der Waals surface area contributed by atoms with E-state index in [-0.39, 0.29) is 12.6 Å². The predicted octanol–water partition coefficient (Wildman–Crippen LogP) is 3.72. The number of aliphatic hydroxyl groups is 1. The summed E-state index contributed by atoms with van der Waals surface area (Å²) in [5, 5.41) is 14.8. The van der Waals surface area contributed by atoms with E-state index in [1.165, 1.54) is 0 Å². The standard InChI is InChI=1S/C24H25N5O4/c1-32-18-5-2-4-16(12-18)14-26-24(31)29-20-7-6-17(13-21(20)33-11-3-10-30)19-8-9-25-23-22(19)27-15-28-23/h2,4-9,12-13,15,30H,3,10-11,14H2,1H3,(H,25,27,28)(H2,26,29,31). The average Bonchev–Trinajstić information content (AvgIpc) is 3.33. The number of pyridine rings is 1. The summed E-state index contributed by atoms with van der Waals surface area (Å²) >= 11 is 0. The molecule has 0 radical (unpaired) electrons. The molecule has 4 aromatic rings. The molecule has 9 nitrogen and oxygen atoms in total. The van der Waals surface area contributed by atoms with Gasteiger partial charge in [-0.1, -0.05) is 18.2 Å². The molecular weight excluding hydrogens is 422 g/mol. The molecule has 0 fully saturated rings. The molecule has 2 aromatic heterocycles. The summed E-state index contributed by atoms with van der Waals surface area (Å²) in [7, 11) is 1.60. The lowest BCUT2D eigenvalue weighted by atomic mass is 10.0. The number of fused-ring (bicyclic) bond motifs is 1. The van der Waals surface area contributed by atoms with Crippen LogP contribution in [0.1, 0.15) is 12.0 Å². The smallest absolute Gasteiger partial charge is 0.319 e. The summed E-state index contributed by atoms with van der Waals surface area (Å²) in [4.78, 5) is 24.2. The zero-order valence-corrected chi connectivity index (χ0v) is 18.2. The minimum atomic E-state index is -0.365. The molecule has 0 bridgehead atoms. The summed E-state index contributed by atoms with van der Waals surface area (Å²) < 4.78 is 11.1. The monoisotopic (exact) mass is 447 g/mol. The van der Waals surface area contributed by atoms with Gasteiger partial charge in [-0.2, -0.15) is 0 Å². The number of nitrogens with zero attached hydrogens (tertiary/aromatic N) is 2. The van der Waals surface area contributed by atoms with Crippen molar-refractivity contribution in [2.45, 2.75) is 13.0 Å². The number of carbonyl (C=O) groups excluding carboxylic acids is 1. The first-order valence-corrected chi connectivity index (χ1v) is 10.5. The third-order valence-corrected chi connectivity index (χ3v) is 5.01. The number of H-pyrrole nitrogens is 1. The van der Waals surface area contributed by atoms with Gasteiger partial charge in [-0.3, -0.25) is 0 Å². The van der Waals surface area contributed by atoms with Gasteiger partial charge in [0, 0.05) is 31.3 Å². The second-order valence-corrected chi connectivity index (χ2v) is 7.25. The van der Waals surface area contributed by atoms with E-state index >= 15 is 0 Å². The maximum absolute atomic E-state index is 12.5. The third-order valence-electron chi connectivity index (χ3n) is 5.01. The molecule has 33 heavy (non-hydrogen) atoms. The number of ether oxygens (including phenoxy) is 2. The number of aliphatic hydroxyl groups excluding tert-OH is 1. The Morgan fingerprint density at radius 3 is 2.91 bits per heavy atom. The van der Waals surface area contributed by atoms with E-state index in [9.17, 15) is 4.79 Å². The van der Waals surface area contributed by atoms with Gasteiger partial charge in [0.25, 0.3) is 0 Å². The molecule has 4 rings (SSSR count). The predicted molar refractivity (Wildman–Crippen MR) is 125 cm³/mol. The molecule has 0 aliphatic rings. The number of methoxy groups -OCH3 is 1. The van der Waals surface area contributed by atoms with Crippen molar-refractivity contribution < 1.29 is 19.4 Å². The van der Waals surface area contributed by atoms with Crippen molar-refractivity contribution in [2.75, 3.05) is 25.6 Å². The van der Waals surface area contributed by atoms with Crippen molar-refractivity contribution in [3.8, 4) is 22.6 Å². The van der Waals surface area contributed by atoms with Gasteiger partial charge < -0.3 is 30.2 Å². The van der Waals surface area contributed by atoms with E-state index in [1.807, 2.05) is 42.5 Å². The van der Waals surface area contributed by atoms with Crippen LogP contribution < -0.4 is 20.1 Å². The number of aromatic nitrogens is 3. The highest BCUT2D eigenvalue weighted by atomic mass is 16.5. The number of benzene rings is 2. The molecule has 0 atom stereocenters. The first-order chi connectivity index (χ1) is 16.2. The number of nitrogens with one attached hydrogen (secondary N) is 3. The van der Waals surface area contributed by atoms with E-state index in [1.54, 1.807) is 25.7 Å². The number of anilines is 1. The first-order valence-electron chi connectivity index (χ1n) is 10.5. The fourth-order valence-corrected chi connectivity index (χ4v) is 3.37. The second kappa shape index (κ2) is 10.5. The average molecular weight is 447 g/mol. The molecule has 2 aromatic carbocycles. The minimum absolute atomic E-state index is 0.0156. The van der Waals surface area contributed by atoms with Gasteiger partial charge in [-0.05, 0) is 41.5 Å². The molecule has 0 unspecified atom stereocenters. The van der Waals surface area contributed by atoms with Crippen molar-refractivity contribution in [1.29, 1.82) is 0 Å². The largest absolute Gasteiger partial charge is 0.497 e. The maximum Gasteiger partial charge on any atom is 0.319 e. The van der Waals surface area contributed by atoms with Crippen molar-refractivity contribution in [3.63, 3.8) is 0 Å². The van der Waals surface area contributed by atoms with Gasteiger partial charge in [0.15, 0.2) is 5.65 Å².